The maximum atomic E-state index is 13.8. The minimum atomic E-state index is -3.99. The number of fused-ring (bicyclic) bond motifs is 2. The van der Waals surface area contributed by atoms with E-state index < -0.39 is 10.0 Å². The Kier molecular flexibility index (Phi) is 6.61. The van der Waals surface area contributed by atoms with Crippen LogP contribution in [0.1, 0.15) is 0 Å². The van der Waals surface area contributed by atoms with E-state index in [1.165, 1.54) is 11.1 Å². The van der Waals surface area contributed by atoms with Gasteiger partial charge in [-0.3, -0.25) is 4.79 Å². The van der Waals surface area contributed by atoms with E-state index in [9.17, 15) is 13.2 Å². The molecule has 1 amide bonds. The number of methoxy groups -OCH3 is 1. The molecular weight excluding hydrogens is 518 g/mol. The molecule has 1 heterocycles. The second-order valence-electron chi connectivity index (χ2n) is 7.85. The van der Waals surface area contributed by atoms with Gasteiger partial charge in [0.25, 0.3) is 10.0 Å². The second kappa shape index (κ2) is 9.85. The van der Waals surface area contributed by atoms with Gasteiger partial charge in [0, 0.05) is 5.69 Å². The third kappa shape index (κ3) is 4.65. The molecule has 5 rings (SSSR count). The molecule has 0 saturated heterocycles. The molecule has 1 N–H and O–H groups in total. The first-order chi connectivity index (χ1) is 17.4. The molecule has 0 spiro atoms. The number of nitrogens with one attached hydrogen (secondary N) is 1. The third-order valence-electron chi connectivity index (χ3n) is 5.52. The zero-order chi connectivity index (χ0) is 25.3. The van der Waals surface area contributed by atoms with Crippen molar-refractivity contribution in [3.05, 3.63) is 90.0 Å². The van der Waals surface area contributed by atoms with E-state index in [0.29, 0.717) is 27.5 Å². The third-order valence-corrected chi connectivity index (χ3v) is 8.57. The summed E-state index contributed by atoms with van der Waals surface area (Å²) in [6, 6.07) is 24.5. The first-order valence-corrected chi connectivity index (χ1v) is 13.7. The van der Waals surface area contributed by atoms with Crippen molar-refractivity contribution < 1.29 is 17.9 Å². The van der Waals surface area contributed by atoms with E-state index in [-0.39, 0.29) is 21.7 Å². The summed E-state index contributed by atoms with van der Waals surface area (Å²) in [5.41, 5.74) is 1.46. The number of carbonyl (C=O) groups is 1. The van der Waals surface area contributed by atoms with Gasteiger partial charge in [-0.25, -0.2) is 17.4 Å². The van der Waals surface area contributed by atoms with Crippen molar-refractivity contribution in [2.75, 3.05) is 18.2 Å². The van der Waals surface area contributed by atoms with Crippen LogP contribution in [-0.2, 0) is 14.8 Å². The molecule has 5 aromatic rings. The smallest absolute Gasteiger partial charge is 0.270 e. The number of hydrogen-bond acceptors (Lipinski definition) is 6. The molecule has 182 valence electrons. The average molecular weight is 538 g/mol. The van der Waals surface area contributed by atoms with Crippen molar-refractivity contribution in [3.8, 4) is 5.75 Å². The molecule has 0 aliphatic rings. The number of halogens is 1. The zero-order valence-corrected chi connectivity index (χ0v) is 21.4. The van der Waals surface area contributed by atoms with Gasteiger partial charge in [-0.05, 0) is 53.2 Å². The molecule has 0 aliphatic heterocycles. The van der Waals surface area contributed by atoms with Gasteiger partial charge in [-0.2, -0.15) is 0 Å². The summed E-state index contributed by atoms with van der Waals surface area (Å²) in [5.74, 6) is 0.111. The van der Waals surface area contributed by atoms with E-state index in [1.807, 2.05) is 24.3 Å². The van der Waals surface area contributed by atoms with Gasteiger partial charge in [0.1, 0.15) is 5.75 Å². The predicted octanol–water partition coefficient (Wildman–Crippen LogP) is 5.82. The second-order valence-corrected chi connectivity index (χ2v) is 11.0. The zero-order valence-electron chi connectivity index (χ0n) is 19.0. The lowest BCUT2D eigenvalue weighted by atomic mass is 10.1. The van der Waals surface area contributed by atoms with Crippen LogP contribution >= 0.6 is 23.4 Å². The molecule has 4 aromatic carbocycles. The number of aromatic nitrogens is 2. The highest BCUT2D eigenvalue weighted by Crippen LogP contribution is 2.31. The molecule has 0 saturated carbocycles. The maximum Gasteiger partial charge on any atom is 0.270 e. The monoisotopic (exact) mass is 537 g/mol. The van der Waals surface area contributed by atoms with Crippen LogP contribution in [0.25, 0.3) is 21.8 Å². The van der Waals surface area contributed by atoms with Gasteiger partial charge >= 0.3 is 0 Å². The number of para-hydroxylation sites is 2. The van der Waals surface area contributed by atoms with Gasteiger partial charge < -0.3 is 10.1 Å². The highest BCUT2D eigenvalue weighted by molar-refractivity contribution is 8.00. The summed E-state index contributed by atoms with van der Waals surface area (Å²) in [6.45, 7) is 0. The van der Waals surface area contributed by atoms with Gasteiger partial charge in [-0.1, -0.05) is 65.8 Å². The van der Waals surface area contributed by atoms with Crippen LogP contribution < -0.4 is 10.1 Å². The fourth-order valence-electron chi connectivity index (χ4n) is 3.81. The van der Waals surface area contributed by atoms with Crippen LogP contribution in [0.5, 0.6) is 5.75 Å². The maximum absolute atomic E-state index is 13.8. The summed E-state index contributed by atoms with van der Waals surface area (Å²) in [4.78, 5) is 17.3. The van der Waals surface area contributed by atoms with E-state index >= 15 is 0 Å². The van der Waals surface area contributed by atoms with Crippen LogP contribution in [0.3, 0.4) is 0 Å². The number of ether oxygens (including phenoxy) is 1. The molecule has 0 fully saturated rings. The van der Waals surface area contributed by atoms with Gasteiger partial charge in [0.15, 0.2) is 5.16 Å². The summed E-state index contributed by atoms with van der Waals surface area (Å²) in [6.07, 6.45) is 0. The number of amides is 1. The molecule has 0 radical (unpaired) electrons. The lowest BCUT2D eigenvalue weighted by molar-refractivity contribution is -0.113. The minimum Gasteiger partial charge on any atom is -0.495 e. The number of carbonyl (C=O) groups excluding carboxylic acids is 1. The minimum absolute atomic E-state index is 0.0553. The molecule has 0 bridgehead atoms. The van der Waals surface area contributed by atoms with Crippen molar-refractivity contribution in [3.63, 3.8) is 0 Å². The van der Waals surface area contributed by atoms with Crippen LogP contribution in [-0.4, -0.2) is 36.1 Å². The Hall–Kier alpha value is -3.53. The Morgan fingerprint density at radius 2 is 1.75 bits per heavy atom. The van der Waals surface area contributed by atoms with Crippen LogP contribution in [0.2, 0.25) is 5.02 Å². The first-order valence-electron chi connectivity index (χ1n) is 10.8. The number of imidazole rings is 1. The molecule has 7 nitrogen and oxygen atoms in total. The topological polar surface area (TPSA) is 90.3 Å². The average Bonchev–Trinajstić information content (AvgIpc) is 3.26. The number of hydrogen-bond donors (Lipinski definition) is 1. The quantitative estimate of drug-likeness (QED) is 0.263. The van der Waals surface area contributed by atoms with Gasteiger partial charge in [0.05, 0.1) is 33.8 Å². The summed E-state index contributed by atoms with van der Waals surface area (Å²) >= 11 is 7.18. The van der Waals surface area contributed by atoms with Crippen LogP contribution in [0.4, 0.5) is 5.69 Å². The lowest BCUT2D eigenvalue weighted by Crippen LogP contribution is -2.17. The Bertz CT molecular complexity index is 1720. The fourth-order valence-corrected chi connectivity index (χ4v) is 6.62. The van der Waals surface area contributed by atoms with Crippen molar-refractivity contribution in [1.29, 1.82) is 0 Å². The molecule has 1 aromatic heterocycles. The van der Waals surface area contributed by atoms with E-state index in [0.717, 1.165) is 22.5 Å². The highest BCUT2D eigenvalue weighted by Gasteiger charge is 2.25. The number of benzene rings is 4. The summed E-state index contributed by atoms with van der Waals surface area (Å²) < 4.78 is 33.9. The number of anilines is 1. The van der Waals surface area contributed by atoms with Crippen LogP contribution in [0, 0.1) is 0 Å². The molecule has 0 unspecified atom stereocenters. The van der Waals surface area contributed by atoms with Gasteiger partial charge in [-0.15, -0.1) is 0 Å². The fraction of sp³-hybridized carbons (Fsp3) is 0.0769. The Balaban J connectivity index is 1.46. The van der Waals surface area contributed by atoms with Crippen LogP contribution in [0.15, 0.2) is 95.0 Å². The molecule has 10 heteroatoms. The largest absolute Gasteiger partial charge is 0.495 e. The lowest BCUT2D eigenvalue weighted by Gasteiger charge is -2.11. The van der Waals surface area contributed by atoms with E-state index in [1.54, 1.807) is 60.7 Å². The van der Waals surface area contributed by atoms with E-state index in [4.69, 9.17) is 16.3 Å². The summed E-state index contributed by atoms with van der Waals surface area (Å²) in [5, 5.41) is 5.09. The molecule has 36 heavy (non-hydrogen) atoms. The number of rotatable bonds is 7. The van der Waals surface area contributed by atoms with E-state index in [2.05, 4.69) is 10.3 Å². The van der Waals surface area contributed by atoms with Crippen molar-refractivity contribution >= 4 is 66.8 Å². The standard InChI is InChI=1S/C26H20ClN3O4S2/c1-34-24-13-11-19(15-21(24)27)28-25(31)16-35-26-29-22-8-4-5-9-23(22)30(26)36(32,33)20-12-10-17-6-2-3-7-18(17)14-20/h2-15H,16H2,1H3,(H,28,31). The Labute approximate surface area is 217 Å². The number of nitrogens with zero attached hydrogens (tertiary/aromatic N) is 2. The first kappa shape index (κ1) is 24.2. The van der Waals surface area contributed by atoms with Crippen molar-refractivity contribution in [1.82, 2.24) is 8.96 Å². The predicted molar refractivity (Wildman–Crippen MR) is 144 cm³/mol. The Morgan fingerprint density at radius 3 is 2.53 bits per heavy atom. The normalized spacial score (nSPS) is 11.6. The highest BCUT2D eigenvalue weighted by atomic mass is 35.5. The Morgan fingerprint density at radius 1 is 1.00 bits per heavy atom. The molecule has 0 atom stereocenters. The summed E-state index contributed by atoms with van der Waals surface area (Å²) in [7, 11) is -2.49. The van der Waals surface area contributed by atoms with Gasteiger partial charge in [0.2, 0.25) is 5.91 Å². The van der Waals surface area contributed by atoms with Crippen molar-refractivity contribution in [2.45, 2.75) is 10.1 Å². The SMILES string of the molecule is COc1ccc(NC(=O)CSc2nc3ccccc3n2S(=O)(=O)c2ccc3ccccc3c2)cc1Cl. The van der Waals surface area contributed by atoms with Crippen molar-refractivity contribution in [2.24, 2.45) is 0 Å². The molecular formula is C26H20ClN3O4S2. The number of thioether (sulfide) groups is 1. The molecule has 0 aliphatic carbocycles.